The van der Waals surface area contributed by atoms with Gasteiger partial charge in [0.25, 0.3) is 0 Å². The normalized spacial score (nSPS) is 9.75. The van der Waals surface area contributed by atoms with E-state index in [4.69, 9.17) is 0 Å². The summed E-state index contributed by atoms with van der Waals surface area (Å²) in [7, 11) is 0. The summed E-state index contributed by atoms with van der Waals surface area (Å²) in [6.07, 6.45) is 2.40. The Morgan fingerprint density at radius 1 is 1.08 bits per heavy atom. The lowest BCUT2D eigenvalue weighted by atomic mass is 10.2. The van der Waals surface area contributed by atoms with Gasteiger partial charge in [-0.05, 0) is 33.6 Å². The van der Waals surface area contributed by atoms with E-state index >= 15 is 0 Å². The highest BCUT2D eigenvalue weighted by Gasteiger charge is 2.04. The highest BCUT2D eigenvalue weighted by atomic mass is 15.1. The summed E-state index contributed by atoms with van der Waals surface area (Å²) in [6, 6.07) is 0. The van der Waals surface area contributed by atoms with Crippen LogP contribution < -0.4 is 0 Å². The van der Waals surface area contributed by atoms with Gasteiger partial charge >= 0.3 is 0 Å². The SMILES string of the molecule is CCCN(CC)C(CC)=C(C)C. The molecule has 0 N–H and O–H groups in total. The summed E-state index contributed by atoms with van der Waals surface area (Å²) < 4.78 is 0. The zero-order chi connectivity index (χ0) is 9.56. The molecule has 72 valence electrons. The van der Waals surface area contributed by atoms with Gasteiger partial charge in [-0.1, -0.05) is 19.4 Å². The minimum Gasteiger partial charge on any atom is -0.375 e. The van der Waals surface area contributed by atoms with Crippen molar-refractivity contribution in [2.45, 2.75) is 47.5 Å². The van der Waals surface area contributed by atoms with E-state index in [0.29, 0.717) is 0 Å². The standard InChI is InChI=1S/C11H23N/c1-6-9-12(8-3)11(7-2)10(4)5/h6-9H2,1-5H3. The van der Waals surface area contributed by atoms with Gasteiger partial charge in [0.1, 0.15) is 0 Å². The minimum absolute atomic E-state index is 1.14. The zero-order valence-corrected chi connectivity index (χ0v) is 9.28. The maximum absolute atomic E-state index is 2.48. The Hall–Kier alpha value is -0.460. The van der Waals surface area contributed by atoms with Gasteiger partial charge in [0.2, 0.25) is 0 Å². The van der Waals surface area contributed by atoms with Crippen LogP contribution in [0.4, 0.5) is 0 Å². The molecule has 0 saturated carbocycles. The third-order valence-corrected chi connectivity index (χ3v) is 2.17. The highest BCUT2D eigenvalue weighted by molar-refractivity contribution is 5.08. The summed E-state index contributed by atoms with van der Waals surface area (Å²) in [6.45, 7) is 13.5. The van der Waals surface area contributed by atoms with E-state index in [1.165, 1.54) is 24.2 Å². The molecule has 0 aromatic rings. The number of hydrogen-bond acceptors (Lipinski definition) is 1. The predicted molar refractivity (Wildman–Crippen MR) is 56.2 cm³/mol. The molecule has 1 heteroatoms. The molecule has 0 rings (SSSR count). The maximum Gasteiger partial charge on any atom is 0.0172 e. The quantitative estimate of drug-likeness (QED) is 0.609. The van der Waals surface area contributed by atoms with E-state index in [-0.39, 0.29) is 0 Å². The fraction of sp³-hybridized carbons (Fsp3) is 0.818. The first-order valence-corrected chi connectivity index (χ1v) is 5.08. The lowest BCUT2D eigenvalue weighted by Crippen LogP contribution is -2.24. The molecule has 0 heterocycles. The van der Waals surface area contributed by atoms with Crippen LogP contribution in [0.5, 0.6) is 0 Å². The van der Waals surface area contributed by atoms with Gasteiger partial charge in [-0.15, -0.1) is 0 Å². The molecule has 12 heavy (non-hydrogen) atoms. The van der Waals surface area contributed by atoms with Crippen molar-refractivity contribution in [3.05, 3.63) is 11.3 Å². The molecule has 0 radical (unpaired) electrons. The fourth-order valence-electron chi connectivity index (χ4n) is 1.65. The molecule has 0 aliphatic rings. The smallest absolute Gasteiger partial charge is 0.0172 e. The summed E-state index contributed by atoms with van der Waals surface area (Å²) in [5, 5.41) is 0. The van der Waals surface area contributed by atoms with Gasteiger partial charge in [0.15, 0.2) is 0 Å². The molecule has 0 aliphatic heterocycles. The lowest BCUT2D eigenvalue weighted by Gasteiger charge is -2.26. The summed E-state index contributed by atoms with van der Waals surface area (Å²) in [5.41, 5.74) is 2.99. The first-order chi connectivity index (χ1) is 5.67. The van der Waals surface area contributed by atoms with E-state index in [1.807, 2.05) is 0 Å². The van der Waals surface area contributed by atoms with Crippen molar-refractivity contribution >= 4 is 0 Å². The largest absolute Gasteiger partial charge is 0.375 e. The zero-order valence-electron chi connectivity index (χ0n) is 9.28. The second-order valence-electron chi connectivity index (χ2n) is 3.38. The lowest BCUT2D eigenvalue weighted by molar-refractivity contribution is 0.348. The van der Waals surface area contributed by atoms with Gasteiger partial charge < -0.3 is 4.90 Å². The molecule has 0 aromatic heterocycles. The van der Waals surface area contributed by atoms with Crippen LogP contribution in [0.25, 0.3) is 0 Å². The van der Waals surface area contributed by atoms with Crippen LogP contribution in [0.1, 0.15) is 47.5 Å². The van der Waals surface area contributed by atoms with Gasteiger partial charge in [-0.25, -0.2) is 0 Å². The molecular weight excluding hydrogens is 146 g/mol. The second-order valence-corrected chi connectivity index (χ2v) is 3.38. The van der Waals surface area contributed by atoms with Crippen LogP contribution in [0, 0.1) is 0 Å². The van der Waals surface area contributed by atoms with Gasteiger partial charge in [0.05, 0.1) is 0 Å². The van der Waals surface area contributed by atoms with Crippen LogP contribution in [-0.4, -0.2) is 18.0 Å². The van der Waals surface area contributed by atoms with Crippen molar-refractivity contribution in [1.29, 1.82) is 0 Å². The number of rotatable bonds is 5. The first-order valence-electron chi connectivity index (χ1n) is 5.08. The van der Waals surface area contributed by atoms with Gasteiger partial charge in [-0.2, -0.15) is 0 Å². The third-order valence-electron chi connectivity index (χ3n) is 2.17. The Bertz CT molecular complexity index is 143. The average molecular weight is 169 g/mol. The number of nitrogens with zero attached hydrogens (tertiary/aromatic N) is 1. The highest BCUT2D eigenvalue weighted by Crippen LogP contribution is 2.13. The Morgan fingerprint density at radius 3 is 1.92 bits per heavy atom. The van der Waals surface area contributed by atoms with E-state index in [2.05, 4.69) is 39.5 Å². The predicted octanol–water partition coefficient (Wildman–Crippen LogP) is 3.42. The summed E-state index contributed by atoms with van der Waals surface area (Å²) >= 11 is 0. The number of allylic oxidation sites excluding steroid dienone is 2. The van der Waals surface area contributed by atoms with Crippen LogP contribution >= 0.6 is 0 Å². The van der Waals surface area contributed by atoms with Crippen molar-refractivity contribution < 1.29 is 0 Å². The van der Waals surface area contributed by atoms with Crippen molar-refractivity contribution in [3.63, 3.8) is 0 Å². The van der Waals surface area contributed by atoms with Crippen LogP contribution in [-0.2, 0) is 0 Å². The third kappa shape index (κ3) is 3.29. The fourth-order valence-corrected chi connectivity index (χ4v) is 1.65. The molecule has 0 amide bonds. The first kappa shape index (κ1) is 11.5. The Kier molecular flexibility index (Phi) is 5.87. The van der Waals surface area contributed by atoms with Gasteiger partial charge in [-0.3, -0.25) is 0 Å². The van der Waals surface area contributed by atoms with E-state index < -0.39 is 0 Å². The molecule has 0 bridgehead atoms. The summed E-state index contributed by atoms with van der Waals surface area (Å²) in [4.78, 5) is 2.48. The van der Waals surface area contributed by atoms with E-state index in [0.717, 1.165) is 13.0 Å². The van der Waals surface area contributed by atoms with Crippen LogP contribution in [0.15, 0.2) is 11.3 Å². The molecule has 1 nitrogen and oxygen atoms in total. The molecule has 0 spiro atoms. The van der Waals surface area contributed by atoms with Gasteiger partial charge in [0, 0.05) is 18.8 Å². The number of hydrogen-bond donors (Lipinski definition) is 0. The molecule has 0 fully saturated rings. The maximum atomic E-state index is 2.48. The monoisotopic (exact) mass is 169 g/mol. The van der Waals surface area contributed by atoms with E-state index in [1.54, 1.807) is 0 Å². The topological polar surface area (TPSA) is 3.24 Å². The van der Waals surface area contributed by atoms with Crippen molar-refractivity contribution in [2.75, 3.05) is 13.1 Å². The minimum atomic E-state index is 1.14. The van der Waals surface area contributed by atoms with Crippen molar-refractivity contribution in [3.8, 4) is 0 Å². The molecular formula is C11H23N. The second kappa shape index (κ2) is 6.10. The Labute approximate surface area is 77.5 Å². The van der Waals surface area contributed by atoms with Crippen molar-refractivity contribution in [1.82, 2.24) is 4.90 Å². The Morgan fingerprint density at radius 2 is 1.67 bits per heavy atom. The summed E-state index contributed by atoms with van der Waals surface area (Å²) in [5.74, 6) is 0. The average Bonchev–Trinajstić information content (AvgIpc) is 2.03. The Balaban J connectivity index is 4.34. The molecule has 0 aromatic carbocycles. The van der Waals surface area contributed by atoms with Crippen molar-refractivity contribution in [2.24, 2.45) is 0 Å². The molecule has 0 saturated heterocycles. The molecule has 0 aliphatic carbocycles. The molecule has 0 atom stereocenters. The van der Waals surface area contributed by atoms with E-state index in [9.17, 15) is 0 Å². The van der Waals surface area contributed by atoms with Crippen LogP contribution in [0.2, 0.25) is 0 Å². The molecule has 0 unspecified atom stereocenters. The van der Waals surface area contributed by atoms with Crippen LogP contribution in [0.3, 0.4) is 0 Å².